The summed E-state index contributed by atoms with van der Waals surface area (Å²) in [6.45, 7) is 4.16. The number of furan rings is 1. The molecular weight excluding hydrogens is 228 g/mol. The second kappa shape index (κ2) is 4.01. The zero-order valence-corrected chi connectivity index (χ0v) is 10.8. The predicted molar refractivity (Wildman–Crippen MR) is 67.7 cm³/mol. The van der Waals surface area contributed by atoms with Gasteiger partial charge in [0.05, 0.1) is 18.4 Å². The lowest BCUT2D eigenvalue weighted by molar-refractivity contribution is -0.148. The summed E-state index contributed by atoms with van der Waals surface area (Å²) in [5, 5.41) is 0. The van der Waals surface area contributed by atoms with Crippen molar-refractivity contribution >= 4 is 11.5 Å². The van der Waals surface area contributed by atoms with E-state index in [0.717, 1.165) is 24.8 Å². The molecule has 1 saturated heterocycles. The maximum atomic E-state index is 11.7. The molecule has 2 heterocycles. The monoisotopic (exact) mass is 246 g/mol. The van der Waals surface area contributed by atoms with Crippen LogP contribution in [0, 0.1) is 11.8 Å². The van der Waals surface area contributed by atoms with Crippen molar-refractivity contribution in [3.63, 3.8) is 0 Å². The summed E-state index contributed by atoms with van der Waals surface area (Å²) in [4.78, 5) is 11.7. The molecule has 3 heteroatoms. The van der Waals surface area contributed by atoms with Crippen molar-refractivity contribution in [2.75, 3.05) is 0 Å². The zero-order chi connectivity index (χ0) is 12.8. The summed E-state index contributed by atoms with van der Waals surface area (Å²) >= 11 is 0. The quantitative estimate of drug-likeness (QED) is 0.713. The Morgan fingerprint density at radius 2 is 2.17 bits per heavy atom. The summed E-state index contributed by atoms with van der Waals surface area (Å²) in [5.41, 5.74) is 1.97. The molecule has 0 bridgehead atoms. The molecule has 3 nitrogen and oxygen atoms in total. The molecule has 1 fully saturated rings. The molecular formula is C15H18O3. The van der Waals surface area contributed by atoms with Crippen LogP contribution < -0.4 is 0 Å². The normalized spacial score (nSPS) is 35.7. The number of esters is 1. The van der Waals surface area contributed by atoms with Gasteiger partial charge in [-0.25, -0.2) is 0 Å². The number of allylic oxidation sites excluding steroid dienone is 1. The van der Waals surface area contributed by atoms with Gasteiger partial charge in [0.25, 0.3) is 0 Å². The molecule has 1 spiro atoms. The highest BCUT2D eigenvalue weighted by molar-refractivity contribution is 5.77. The van der Waals surface area contributed by atoms with Crippen molar-refractivity contribution in [2.24, 2.45) is 11.8 Å². The molecule has 3 atom stereocenters. The van der Waals surface area contributed by atoms with Gasteiger partial charge >= 0.3 is 5.97 Å². The summed E-state index contributed by atoms with van der Waals surface area (Å²) in [5.74, 6) is 0.474. The fraction of sp³-hybridized carbons (Fsp3) is 0.533. The first kappa shape index (κ1) is 11.6. The lowest BCUT2D eigenvalue weighted by Gasteiger charge is -2.33. The highest BCUT2D eigenvalue weighted by Crippen LogP contribution is 2.45. The number of hydrogen-bond donors (Lipinski definition) is 0. The van der Waals surface area contributed by atoms with Crippen molar-refractivity contribution in [2.45, 2.75) is 38.7 Å². The molecule has 18 heavy (non-hydrogen) atoms. The van der Waals surface area contributed by atoms with Gasteiger partial charge in [-0.1, -0.05) is 13.8 Å². The predicted octanol–water partition coefficient (Wildman–Crippen LogP) is 3.41. The molecule has 96 valence electrons. The number of ether oxygens (including phenoxy) is 1. The van der Waals surface area contributed by atoms with Gasteiger partial charge in [-0.3, -0.25) is 4.79 Å². The smallest absolute Gasteiger partial charge is 0.309 e. The van der Waals surface area contributed by atoms with E-state index < -0.39 is 0 Å². The van der Waals surface area contributed by atoms with Crippen molar-refractivity contribution in [3.8, 4) is 0 Å². The van der Waals surface area contributed by atoms with Crippen LogP contribution in [0.2, 0.25) is 0 Å². The third kappa shape index (κ3) is 1.88. The van der Waals surface area contributed by atoms with Crippen LogP contribution in [-0.2, 0) is 9.53 Å². The second-order valence-corrected chi connectivity index (χ2v) is 5.79. The molecule has 0 unspecified atom stereocenters. The fourth-order valence-corrected chi connectivity index (χ4v) is 3.28. The van der Waals surface area contributed by atoms with Gasteiger partial charge in [0.2, 0.25) is 0 Å². The van der Waals surface area contributed by atoms with Crippen LogP contribution in [0.1, 0.15) is 38.7 Å². The van der Waals surface area contributed by atoms with Gasteiger partial charge in [-0.2, -0.15) is 0 Å². The highest BCUT2D eigenvalue weighted by atomic mass is 16.6. The largest absolute Gasteiger partial charge is 0.472 e. The Labute approximate surface area is 107 Å². The van der Waals surface area contributed by atoms with Crippen molar-refractivity contribution in [1.82, 2.24) is 0 Å². The van der Waals surface area contributed by atoms with Crippen LogP contribution in [-0.4, -0.2) is 11.6 Å². The van der Waals surface area contributed by atoms with Crippen molar-refractivity contribution in [1.29, 1.82) is 0 Å². The van der Waals surface area contributed by atoms with Gasteiger partial charge in [-0.05, 0) is 36.5 Å². The average Bonchev–Trinajstić information content (AvgIpc) is 2.87. The van der Waals surface area contributed by atoms with E-state index in [1.165, 1.54) is 5.57 Å². The molecule has 2 aliphatic rings. The number of carbonyl (C=O) groups excluding carboxylic acids is 1. The lowest BCUT2D eigenvalue weighted by Crippen LogP contribution is -2.32. The topological polar surface area (TPSA) is 39.4 Å². The molecule has 0 aromatic carbocycles. The Morgan fingerprint density at radius 1 is 1.33 bits per heavy atom. The molecule has 1 aliphatic carbocycles. The SMILES string of the molecule is C[C@@H]1CC(c2ccoc2)=C[C@@]2(C1)C[C@H](C)C(=O)O2. The number of rotatable bonds is 1. The van der Waals surface area contributed by atoms with Crippen LogP contribution >= 0.6 is 0 Å². The Bertz CT molecular complexity index is 486. The first-order valence-electron chi connectivity index (χ1n) is 6.55. The van der Waals surface area contributed by atoms with E-state index in [0.29, 0.717) is 5.92 Å². The summed E-state index contributed by atoms with van der Waals surface area (Å²) in [7, 11) is 0. The van der Waals surface area contributed by atoms with Gasteiger partial charge in [-0.15, -0.1) is 0 Å². The van der Waals surface area contributed by atoms with E-state index in [9.17, 15) is 4.79 Å². The van der Waals surface area contributed by atoms with E-state index in [2.05, 4.69) is 13.0 Å². The van der Waals surface area contributed by atoms with Crippen LogP contribution in [0.5, 0.6) is 0 Å². The maximum absolute atomic E-state index is 11.7. The lowest BCUT2D eigenvalue weighted by atomic mass is 9.76. The van der Waals surface area contributed by atoms with E-state index in [4.69, 9.17) is 9.15 Å². The molecule has 3 rings (SSSR count). The first-order valence-corrected chi connectivity index (χ1v) is 6.55. The van der Waals surface area contributed by atoms with Gasteiger partial charge < -0.3 is 9.15 Å². The third-order valence-corrected chi connectivity index (χ3v) is 3.95. The van der Waals surface area contributed by atoms with Crippen LogP contribution in [0.15, 0.2) is 29.1 Å². The van der Waals surface area contributed by atoms with Gasteiger partial charge in [0.15, 0.2) is 0 Å². The molecule has 0 radical (unpaired) electrons. The minimum Gasteiger partial charge on any atom is -0.472 e. The molecule has 0 N–H and O–H groups in total. The Morgan fingerprint density at radius 3 is 2.78 bits per heavy atom. The zero-order valence-electron chi connectivity index (χ0n) is 10.8. The molecule has 1 aromatic heterocycles. The Balaban J connectivity index is 1.96. The first-order chi connectivity index (χ1) is 8.58. The van der Waals surface area contributed by atoms with E-state index in [1.54, 1.807) is 12.5 Å². The second-order valence-electron chi connectivity index (χ2n) is 5.79. The summed E-state index contributed by atoms with van der Waals surface area (Å²) in [6, 6.07) is 1.97. The summed E-state index contributed by atoms with van der Waals surface area (Å²) < 4.78 is 10.8. The third-order valence-electron chi connectivity index (χ3n) is 3.95. The molecule has 0 amide bonds. The Hall–Kier alpha value is -1.51. The number of hydrogen-bond acceptors (Lipinski definition) is 3. The number of carbonyl (C=O) groups is 1. The highest BCUT2D eigenvalue weighted by Gasteiger charge is 2.46. The van der Waals surface area contributed by atoms with E-state index in [1.807, 2.05) is 13.0 Å². The minimum atomic E-state index is -0.374. The fourth-order valence-electron chi connectivity index (χ4n) is 3.28. The molecule has 0 saturated carbocycles. The van der Waals surface area contributed by atoms with Gasteiger partial charge in [0, 0.05) is 12.0 Å². The van der Waals surface area contributed by atoms with Crippen LogP contribution in [0.4, 0.5) is 0 Å². The molecule has 1 aliphatic heterocycles. The van der Waals surface area contributed by atoms with Crippen molar-refractivity contribution < 1.29 is 13.9 Å². The van der Waals surface area contributed by atoms with Crippen molar-refractivity contribution in [3.05, 3.63) is 30.2 Å². The molecule has 1 aromatic rings. The van der Waals surface area contributed by atoms with Crippen LogP contribution in [0.25, 0.3) is 5.57 Å². The minimum absolute atomic E-state index is 0.0112. The maximum Gasteiger partial charge on any atom is 0.309 e. The standard InChI is InChI=1S/C15H18O3/c1-10-5-13(12-3-4-17-9-12)8-15(6-10)7-11(2)14(16)18-15/h3-4,8-11H,5-7H2,1-2H3/t10-,11+,15-/m1/s1. The van der Waals surface area contributed by atoms with Crippen LogP contribution in [0.3, 0.4) is 0 Å². The van der Waals surface area contributed by atoms with Gasteiger partial charge in [0.1, 0.15) is 5.60 Å². The van der Waals surface area contributed by atoms with E-state index in [-0.39, 0.29) is 17.5 Å². The Kier molecular flexibility index (Phi) is 2.58. The summed E-state index contributed by atoms with van der Waals surface area (Å²) in [6.07, 6.45) is 8.36. The average molecular weight is 246 g/mol. The van der Waals surface area contributed by atoms with E-state index >= 15 is 0 Å².